The molecule has 2 aliphatic carbocycles. The molecule has 3 N–H and O–H groups in total. The van der Waals surface area contributed by atoms with Crippen LogP contribution in [0.4, 0.5) is 10.6 Å². The van der Waals surface area contributed by atoms with E-state index in [0.29, 0.717) is 30.4 Å². The zero-order valence-electron chi connectivity index (χ0n) is 19.6. The number of carbonyl (C=O) groups excluding carboxylic acids is 2. The molecule has 0 radical (unpaired) electrons. The number of anilines is 1. The van der Waals surface area contributed by atoms with Crippen LogP contribution < -0.4 is 10.6 Å². The number of carbonyl (C=O) groups is 2. The van der Waals surface area contributed by atoms with E-state index in [1.165, 1.54) is 11.1 Å². The van der Waals surface area contributed by atoms with Crippen LogP contribution >= 0.6 is 0 Å². The van der Waals surface area contributed by atoms with Crippen LogP contribution in [0.15, 0.2) is 12.1 Å². The number of amides is 2. The van der Waals surface area contributed by atoms with E-state index in [-0.39, 0.29) is 35.7 Å². The average molecular weight is 473 g/mol. The SMILES string of the molecule is COCc1cc(C(=O)Nc2cc(C3CCC(OC(=O)NC4COC5(CCC5)C4)C3)[nH]n2)n(C)n1. The van der Waals surface area contributed by atoms with Crippen LogP contribution in [0.3, 0.4) is 0 Å². The summed E-state index contributed by atoms with van der Waals surface area (Å²) in [5, 5.41) is 17.3. The molecule has 1 aliphatic heterocycles. The lowest BCUT2D eigenvalue weighted by Crippen LogP contribution is -2.40. The van der Waals surface area contributed by atoms with E-state index in [9.17, 15) is 9.59 Å². The van der Waals surface area contributed by atoms with Crippen LogP contribution in [0, 0.1) is 0 Å². The second kappa shape index (κ2) is 9.38. The first-order valence-electron chi connectivity index (χ1n) is 11.9. The standard InChI is InChI=1S/C23H32N6O5/c1-29-19(9-15(28-29)12-32-2)21(30)25-20-10-18(26-27-20)14-4-5-17(8-14)34-22(31)24-16-11-23(33-13-16)6-3-7-23/h9-10,14,16-17H,3-8,11-13H2,1-2H3,(H,24,31)(H2,25,26,27,30). The Hall–Kier alpha value is -2.92. The number of hydrogen-bond donors (Lipinski definition) is 3. The second-order valence-corrected chi connectivity index (χ2v) is 9.67. The van der Waals surface area contributed by atoms with Gasteiger partial charge in [0.25, 0.3) is 5.91 Å². The molecule has 3 unspecified atom stereocenters. The minimum atomic E-state index is -0.364. The van der Waals surface area contributed by atoms with Crippen molar-refractivity contribution >= 4 is 17.8 Å². The maximum Gasteiger partial charge on any atom is 0.407 e. The first kappa shape index (κ1) is 22.9. The molecule has 2 aromatic heterocycles. The number of methoxy groups -OCH3 is 1. The van der Waals surface area contributed by atoms with Crippen molar-refractivity contribution in [2.24, 2.45) is 7.05 Å². The van der Waals surface area contributed by atoms with Crippen LogP contribution in [-0.4, -0.2) is 63.4 Å². The minimum absolute atomic E-state index is 0.00704. The van der Waals surface area contributed by atoms with Crippen molar-refractivity contribution < 1.29 is 23.8 Å². The van der Waals surface area contributed by atoms with E-state index in [1.54, 1.807) is 20.2 Å². The van der Waals surface area contributed by atoms with Gasteiger partial charge in [-0.1, -0.05) is 0 Å². The number of aromatic nitrogens is 4. The lowest BCUT2D eigenvalue weighted by atomic mass is 9.77. The van der Waals surface area contributed by atoms with Gasteiger partial charge in [0.1, 0.15) is 11.8 Å². The number of H-pyrrole nitrogens is 1. The highest BCUT2D eigenvalue weighted by molar-refractivity contribution is 6.02. The number of hydrogen-bond acceptors (Lipinski definition) is 7. The fourth-order valence-electron chi connectivity index (χ4n) is 5.29. The Balaban J connectivity index is 1.10. The topological polar surface area (TPSA) is 132 Å². The Morgan fingerprint density at radius 1 is 1.32 bits per heavy atom. The summed E-state index contributed by atoms with van der Waals surface area (Å²) in [4.78, 5) is 25.0. The molecule has 2 amide bonds. The molecule has 5 rings (SSSR count). The Kier molecular flexibility index (Phi) is 6.30. The van der Waals surface area contributed by atoms with Crippen molar-refractivity contribution in [2.45, 2.75) is 75.2 Å². The van der Waals surface area contributed by atoms with Crippen LogP contribution in [0.5, 0.6) is 0 Å². The maximum absolute atomic E-state index is 12.6. The predicted molar refractivity (Wildman–Crippen MR) is 121 cm³/mol. The fraction of sp³-hybridized carbons (Fsp3) is 0.652. The van der Waals surface area contributed by atoms with Gasteiger partial charge in [-0.25, -0.2) is 4.79 Å². The largest absolute Gasteiger partial charge is 0.446 e. The molecule has 1 saturated heterocycles. The number of aryl methyl sites for hydroxylation is 1. The highest BCUT2D eigenvalue weighted by Crippen LogP contribution is 2.43. The summed E-state index contributed by atoms with van der Waals surface area (Å²) in [6.45, 7) is 0.906. The lowest BCUT2D eigenvalue weighted by Gasteiger charge is -2.37. The summed E-state index contributed by atoms with van der Waals surface area (Å²) in [5.74, 6) is 0.344. The third-order valence-corrected chi connectivity index (χ3v) is 7.19. The maximum atomic E-state index is 12.6. The first-order chi connectivity index (χ1) is 16.4. The normalized spacial score (nSPS) is 25.3. The van der Waals surface area contributed by atoms with E-state index < -0.39 is 0 Å². The average Bonchev–Trinajstić information content (AvgIpc) is 3.54. The molecule has 11 heteroatoms. The highest BCUT2D eigenvalue weighted by Gasteiger charge is 2.45. The van der Waals surface area contributed by atoms with Gasteiger partial charge in [-0.3, -0.25) is 14.6 Å². The van der Waals surface area contributed by atoms with E-state index >= 15 is 0 Å². The van der Waals surface area contributed by atoms with Crippen molar-refractivity contribution in [1.29, 1.82) is 0 Å². The highest BCUT2D eigenvalue weighted by atomic mass is 16.6. The second-order valence-electron chi connectivity index (χ2n) is 9.67. The molecular formula is C23H32N6O5. The molecule has 11 nitrogen and oxygen atoms in total. The Labute approximate surface area is 197 Å². The fourth-order valence-corrected chi connectivity index (χ4v) is 5.29. The van der Waals surface area contributed by atoms with Gasteiger partial charge in [0.05, 0.1) is 30.6 Å². The summed E-state index contributed by atoms with van der Waals surface area (Å²) >= 11 is 0. The number of aromatic amines is 1. The van der Waals surface area contributed by atoms with Crippen LogP contribution in [0.2, 0.25) is 0 Å². The van der Waals surface area contributed by atoms with Crippen LogP contribution in [0.1, 0.15) is 72.7 Å². The number of alkyl carbamates (subject to hydrolysis) is 1. The van der Waals surface area contributed by atoms with Crippen molar-refractivity contribution in [3.05, 3.63) is 29.2 Å². The van der Waals surface area contributed by atoms with Gasteiger partial charge < -0.3 is 24.8 Å². The number of rotatable bonds is 7. The summed E-state index contributed by atoms with van der Waals surface area (Å²) in [5.41, 5.74) is 2.03. The molecule has 3 heterocycles. The van der Waals surface area contributed by atoms with E-state index in [1.807, 2.05) is 6.07 Å². The molecule has 2 aromatic rings. The Bertz CT molecular complexity index is 1040. The summed E-state index contributed by atoms with van der Waals surface area (Å²) < 4.78 is 18.2. The summed E-state index contributed by atoms with van der Waals surface area (Å²) in [7, 11) is 3.29. The minimum Gasteiger partial charge on any atom is -0.446 e. The molecule has 2 saturated carbocycles. The zero-order valence-corrected chi connectivity index (χ0v) is 19.6. The molecule has 0 bridgehead atoms. The summed E-state index contributed by atoms with van der Waals surface area (Å²) in [6.07, 6.45) is 6.16. The number of nitrogens with one attached hydrogen (secondary N) is 3. The van der Waals surface area contributed by atoms with Crippen LogP contribution in [-0.2, 0) is 27.9 Å². The Morgan fingerprint density at radius 3 is 2.91 bits per heavy atom. The molecule has 0 aromatic carbocycles. The van der Waals surface area contributed by atoms with Crippen molar-refractivity contribution in [2.75, 3.05) is 19.0 Å². The predicted octanol–water partition coefficient (Wildman–Crippen LogP) is 2.62. The number of nitrogens with zero attached hydrogens (tertiary/aromatic N) is 3. The van der Waals surface area contributed by atoms with E-state index in [2.05, 4.69) is 25.9 Å². The van der Waals surface area contributed by atoms with Gasteiger partial charge in [0.2, 0.25) is 0 Å². The van der Waals surface area contributed by atoms with Gasteiger partial charge >= 0.3 is 6.09 Å². The van der Waals surface area contributed by atoms with Gasteiger partial charge in [0.15, 0.2) is 5.82 Å². The third kappa shape index (κ3) is 4.80. The molecule has 1 spiro atoms. The molecular weight excluding hydrogens is 440 g/mol. The van der Waals surface area contributed by atoms with Gasteiger partial charge in [-0.15, -0.1) is 0 Å². The molecule has 3 fully saturated rings. The zero-order chi connectivity index (χ0) is 23.7. The number of ether oxygens (including phenoxy) is 3. The quantitative estimate of drug-likeness (QED) is 0.564. The van der Waals surface area contributed by atoms with Gasteiger partial charge in [0, 0.05) is 31.8 Å². The smallest absolute Gasteiger partial charge is 0.407 e. The molecule has 3 atom stereocenters. The van der Waals surface area contributed by atoms with E-state index in [0.717, 1.165) is 44.2 Å². The third-order valence-electron chi connectivity index (χ3n) is 7.19. The first-order valence-corrected chi connectivity index (χ1v) is 11.9. The molecule has 34 heavy (non-hydrogen) atoms. The van der Waals surface area contributed by atoms with E-state index in [4.69, 9.17) is 14.2 Å². The van der Waals surface area contributed by atoms with Gasteiger partial charge in [-0.2, -0.15) is 10.2 Å². The van der Waals surface area contributed by atoms with Crippen molar-refractivity contribution in [1.82, 2.24) is 25.3 Å². The summed E-state index contributed by atoms with van der Waals surface area (Å²) in [6, 6.07) is 3.57. The molecule has 184 valence electrons. The van der Waals surface area contributed by atoms with Crippen molar-refractivity contribution in [3.8, 4) is 0 Å². The van der Waals surface area contributed by atoms with Crippen LogP contribution in [0.25, 0.3) is 0 Å². The lowest BCUT2D eigenvalue weighted by molar-refractivity contribution is -0.0563. The van der Waals surface area contributed by atoms with Crippen molar-refractivity contribution in [3.63, 3.8) is 0 Å². The van der Waals surface area contributed by atoms with Gasteiger partial charge in [-0.05, 0) is 51.0 Å². The Morgan fingerprint density at radius 2 is 2.18 bits per heavy atom. The molecule has 3 aliphatic rings. The monoisotopic (exact) mass is 472 g/mol.